The number of methoxy groups -OCH3 is 1. The van der Waals surface area contributed by atoms with Crippen LogP contribution in [0.3, 0.4) is 0 Å². The first-order valence-corrected chi connectivity index (χ1v) is 9.29. The van der Waals surface area contributed by atoms with Gasteiger partial charge in [0.2, 0.25) is 5.89 Å². The number of oxazole rings is 1. The largest absolute Gasteiger partial charge is 0.496 e. The second-order valence-electron chi connectivity index (χ2n) is 6.80. The van der Waals surface area contributed by atoms with Crippen LogP contribution in [0.1, 0.15) is 21.8 Å². The molecule has 1 aliphatic heterocycles. The van der Waals surface area contributed by atoms with Crippen molar-refractivity contribution in [2.75, 3.05) is 33.3 Å². The zero-order valence-electron chi connectivity index (χ0n) is 16.1. The predicted molar refractivity (Wildman–Crippen MR) is 103 cm³/mol. The number of benzene rings is 1. The van der Waals surface area contributed by atoms with Crippen molar-refractivity contribution in [1.29, 1.82) is 0 Å². The molecule has 0 saturated carbocycles. The number of amides is 1. The van der Waals surface area contributed by atoms with E-state index < -0.39 is 0 Å². The average Bonchev–Trinajstić information content (AvgIpc) is 3.38. The van der Waals surface area contributed by atoms with Crippen LogP contribution >= 0.6 is 0 Å². The summed E-state index contributed by atoms with van der Waals surface area (Å²) in [6.45, 7) is 5.53. The summed E-state index contributed by atoms with van der Waals surface area (Å²) >= 11 is 0. The van der Waals surface area contributed by atoms with Gasteiger partial charge in [0, 0.05) is 32.7 Å². The lowest BCUT2D eigenvalue weighted by atomic mass is 10.1. The third-order valence-corrected chi connectivity index (χ3v) is 5.03. The van der Waals surface area contributed by atoms with E-state index in [2.05, 4.69) is 9.88 Å². The fraction of sp³-hybridized carbons (Fsp3) is 0.333. The van der Waals surface area contributed by atoms with Crippen LogP contribution in [0.5, 0.6) is 5.75 Å². The lowest BCUT2D eigenvalue weighted by molar-refractivity contribution is 0.0623. The van der Waals surface area contributed by atoms with Crippen molar-refractivity contribution < 1.29 is 18.4 Å². The number of hydrogen-bond acceptors (Lipinski definition) is 6. The highest BCUT2D eigenvalue weighted by Crippen LogP contribution is 2.24. The standard InChI is InChI=1S/C21H23N3O4/c1-15-18(22-20(28-15)16-7-12-27-14-16)13-23-8-10-24(11-9-23)21(25)17-5-3-4-6-19(17)26-2/h3-7,12,14H,8-11,13H2,1-2H3. The molecule has 0 radical (unpaired) electrons. The van der Waals surface area contributed by atoms with Crippen molar-refractivity contribution in [3.05, 3.63) is 59.9 Å². The first-order valence-electron chi connectivity index (χ1n) is 9.29. The molecule has 0 bridgehead atoms. The van der Waals surface area contributed by atoms with Gasteiger partial charge < -0.3 is 18.5 Å². The van der Waals surface area contributed by atoms with Crippen molar-refractivity contribution in [3.8, 4) is 17.2 Å². The Kier molecular flexibility index (Phi) is 5.16. The highest BCUT2D eigenvalue weighted by molar-refractivity contribution is 5.97. The number of rotatable bonds is 5. The highest BCUT2D eigenvalue weighted by Gasteiger charge is 2.25. The second-order valence-corrected chi connectivity index (χ2v) is 6.80. The normalized spacial score (nSPS) is 15.0. The van der Waals surface area contributed by atoms with Crippen molar-refractivity contribution in [2.24, 2.45) is 0 Å². The third kappa shape index (κ3) is 3.66. The van der Waals surface area contributed by atoms with Crippen LogP contribution in [0, 0.1) is 6.92 Å². The molecule has 7 nitrogen and oxygen atoms in total. The van der Waals surface area contributed by atoms with Crippen molar-refractivity contribution in [1.82, 2.24) is 14.8 Å². The van der Waals surface area contributed by atoms with Gasteiger partial charge in [0.15, 0.2) is 0 Å². The van der Waals surface area contributed by atoms with E-state index in [1.807, 2.05) is 42.2 Å². The van der Waals surface area contributed by atoms with Crippen LogP contribution in [-0.4, -0.2) is 54.0 Å². The summed E-state index contributed by atoms with van der Waals surface area (Å²) in [5.41, 5.74) is 2.36. The first kappa shape index (κ1) is 18.3. The number of ether oxygens (including phenoxy) is 1. The monoisotopic (exact) mass is 381 g/mol. The Morgan fingerprint density at radius 2 is 1.96 bits per heavy atom. The third-order valence-electron chi connectivity index (χ3n) is 5.03. The van der Waals surface area contributed by atoms with Gasteiger partial charge in [0.1, 0.15) is 17.8 Å². The molecule has 3 heterocycles. The number of para-hydroxylation sites is 1. The smallest absolute Gasteiger partial charge is 0.257 e. The van der Waals surface area contributed by atoms with Gasteiger partial charge >= 0.3 is 0 Å². The maximum absolute atomic E-state index is 12.8. The summed E-state index contributed by atoms with van der Waals surface area (Å²) in [5.74, 6) is 2.01. The number of hydrogen-bond donors (Lipinski definition) is 0. The van der Waals surface area contributed by atoms with E-state index in [1.165, 1.54) is 0 Å². The van der Waals surface area contributed by atoms with Crippen LogP contribution in [0.15, 0.2) is 51.7 Å². The number of carbonyl (C=O) groups excluding carboxylic acids is 1. The van der Waals surface area contributed by atoms with E-state index in [0.717, 1.165) is 30.1 Å². The molecule has 1 fully saturated rings. The zero-order chi connectivity index (χ0) is 19.5. The van der Waals surface area contributed by atoms with Crippen LogP contribution in [-0.2, 0) is 6.54 Å². The molecule has 1 amide bonds. The molecule has 28 heavy (non-hydrogen) atoms. The Morgan fingerprint density at radius 1 is 1.18 bits per heavy atom. The molecule has 4 rings (SSSR count). The summed E-state index contributed by atoms with van der Waals surface area (Å²) in [7, 11) is 1.59. The molecule has 1 aromatic carbocycles. The second kappa shape index (κ2) is 7.90. The average molecular weight is 381 g/mol. The van der Waals surface area contributed by atoms with Gasteiger partial charge in [-0.3, -0.25) is 9.69 Å². The molecule has 146 valence electrons. The van der Waals surface area contributed by atoms with Gasteiger partial charge in [-0.1, -0.05) is 12.1 Å². The molecule has 3 aromatic rings. The SMILES string of the molecule is COc1ccccc1C(=O)N1CCN(Cc2nc(-c3ccoc3)oc2C)CC1. The molecule has 1 saturated heterocycles. The quantitative estimate of drug-likeness (QED) is 0.676. The van der Waals surface area contributed by atoms with E-state index in [1.54, 1.807) is 19.6 Å². The molecule has 0 atom stereocenters. The van der Waals surface area contributed by atoms with E-state index in [4.69, 9.17) is 13.6 Å². The summed E-state index contributed by atoms with van der Waals surface area (Å²) in [6.07, 6.45) is 3.23. The summed E-state index contributed by atoms with van der Waals surface area (Å²) in [6, 6.07) is 9.18. The van der Waals surface area contributed by atoms with Gasteiger partial charge in [-0.2, -0.15) is 0 Å². The minimum Gasteiger partial charge on any atom is -0.496 e. The Hall–Kier alpha value is -3.06. The summed E-state index contributed by atoms with van der Waals surface area (Å²) < 4.78 is 16.2. The van der Waals surface area contributed by atoms with Crippen molar-refractivity contribution in [2.45, 2.75) is 13.5 Å². The van der Waals surface area contributed by atoms with Gasteiger partial charge in [0.05, 0.1) is 30.2 Å². The van der Waals surface area contributed by atoms with Crippen LogP contribution < -0.4 is 4.74 Å². The fourth-order valence-corrected chi connectivity index (χ4v) is 3.40. The lowest BCUT2D eigenvalue weighted by Crippen LogP contribution is -2.48. The van der Waals surface area contributed by atoms with E-state index >= 15 is 0 Å². The molecular weight excluding hydrogens is 358 g/mol. The maximum Gasteiger partial charge on any atom is 0.257 e. The molecule has 1 aliphatic rings. The number of aromatic nitrogens is 1. The van der Waals surface area contributed by atoms with Crippen LogP contribution in [0.2, 0.25) is 0 Å². The lowest BCUT2D eigenvalue weighted by Gasteiger charge is -2.34. The fourth-order valence-electron chi connectivity index (χ4n) is 3.40. The van der Waals surface area contributed by atoms with E-state index in [9.17, 15) is 4.79 Å². The Morgan fingerprint density at radius 3 is 2.68 bits per heavy atom. The molecule has 0 spiro atoms. The zero-order valence-corrected chi connectivity index (χ0v) is 16.1. The van der Waals surface area contributed by atoms with Gasteiger partial charge in [-0.15, -0.1) is 0 Å². The van der Waals surface area contributed by atoms with E-state index in [0.29, 0.717) is 36.8 Å². The van der Waals surface area contributed by atoms with Crippen molar-refractivity contribution >= 4 is 5.91 Å². The van der Waals surface area contributed by atoms with Gasteiger partial charge in [0.25, 0.3) is 5.91 Å². The van der Waals surface area contributed by atoms with Crippen LogP contribution in [0.4, 0.5) is 0 Å². The van der Waals surface area contributed by atoms with E-state index in [-0.39, 0.29) is 5.91 Å². The minimum absolute atomic E-state index is 0.0111. The minimum atomic E-state index is 0.0111. The number of piperazine rings is 1. The number of carbonyl (C=O) groups is 1. The van der Waals surface area contributed by atoms with Crippen molar-refractivity contribution in [3.63, 3.8) is 0 Å². The number of nitrogens with zero attached hydrogens (tertiary/aromatic N) is 3. The summed E-state index contributed by atoms with van der Waals surface area (Å²) in [5, 5.41) is 0. The van der Waals surface area contributed by atoms with Crippen LogP contribution in [0.25, 0.3) is 11.5 Å². The molecule has 0 N–H and O–H groups in total. The highest BCUT2D eigenvalue weighted by atomic mass is 16.5. The Labute approximate surface area is 163 Å². The summed E-state index contributed by atoms with van der Waals surface area (Å²) in [4.78, 5) is 21.6. The molecule has 2 aromatic heterocycles. The Bertz CT molecular complexity index is 940. The molecule has 0 unspecified atom stereocenters. The number of aryl methyl sites for hydroxylation is 1. The number of furan rings is 1. The van der Waals surface area contributed by atoms with Gasteiger partial charge in [-0.25, -0.2) is 4.98 Å². The van der Waals surface area contributed by atoms with Gasteiger partial charge in [-0.05, 0) is 25.1 Å². The molecule has 7 heteroatoms. The Balaban J connectivity index is 1.38. The molecule has 0 aliphatic carbocycles. The predicted octanol–water partition coefficient (Wildman–Crippen LogP) is 3.21. The molecular formula is C21H23N3O4. The maximum atomic E-state index is 12.8. The first-order chi connectivity index (χ1) is 13.7. The topological polar surface area (TPSA) is 72.0 Å².